The lowest BCUT2D eigenvalue weighted by Gasteiger charge is -2.07. The SMILES string of the molecule is Cc1nn(C)c(C)c1Cn1ccnc1SCC(=O)O. The number of thioether (sulfide) groups is 1. The van der Waals surface area contributed by atoms with Crippen molar-refractivity contribution in [3.63, 3.8) is 0 Å². The Morgan fingerprint density at radius 3 is 2.79 bits per heavy atom. The summed E-state index contributed by atoms with van der Waals surface area (Å²) in [7, 11) is 1.92. The molecule has 0 aliphatic heterocycles. The highest BCUT2D eigenvalue weighted by Crippen LogP contribution is 2.19. The molecule has 102 valence electrons. The van der Waals surface area contributed by atoms with Gasteiger partial charge in [0.05, 0.1) is 18.0 Å². The predicted molar refractivity (Wildman–Crippen MR) is 72.4 cm³/mol. The molecule has 0 amide bonds. The number of carboxylic acids is 1. The fraction of sp³-hybridized carbons (Fsp3) is 0.417. The number of hydrogen-bond acceptors (Lipinski definition) is 4. The number of carbonyl (C=O) groups is 1. The Kier molecular flexibility index (Phi) is 3.94. The van der Waals surface area contributed by atoms with Crippen LogP contribution in [0.25, 0.3) is 0 Å². The van der Waals surface area contributed by atoms with Crippen molar-refractivity contribution in [3.8, 4) is 0 Å². The Morgan fingerprint density at radius 1 is 1.47 bits per heavy atom. The predicted octanol–water partition coefficient (Wildman–Crippen LogP) is 1.46. The summed E-state index contributed by atoms with van der Waals surface area (Å²) in [5.41, 5.74) is 3.25. The first-order valence-corrected chi connectivity index (χ1v) is 6.82. The number of imidazole rings is 1. The average Bonchev–Trinajstić information content (AvgIpc) is 2.87. The van der Waals surface area contributed by atoms with Gasteiger partial charge >= 0.3 is 5.97 Å². The van der Waals surface area contributed by atoms with E-state index in [1.165, 1.54) is 11.8 Å². The van der Waals surface area contributed by atoms with Crippen LogP contribution < -0.4 is 0 Å². The van der Waals surface area contributed by atoms with Gasteiger partial charge in [0, 0.05) is 30.7 Å². The molecule has 0 bridgehead atoms. The van der Waals surface area contributed by atoms with Gasteiger partial charge in [0.15, 0.2) is 5.16 Å². The minimum atomic E-state index is -0.840. The lowest BCUT2D eigenvalue weighted by atomic mass is 10.2. The summed E-state index contributed by atoms with van der Waals surface area (Å²) in [6.45, 7) is 4.66. The van der Waals surface area contributed by atoms with Crippen molar-refractivity contribution >= 4 is 17.7 Å². The monoisotopic (exact) mass is 280 g/mol. The van der Waals surface area contributed by atoms with E-state index in [2.05, 4.69) is 10.1 Å². The van der Waals surface area contributed by atoms with Crippen LogP contribution in [-0.4, -0.2) is 36.2 Å². The zero-order chi connectivity index (χ0) is 14.0. The lowest BCUT2D eigenvalue weighted by molar-refractivity contribution is -0.133. The zero-order valence-electron chi connectivity index (χ0n) is 11.1. The van der Waals surface area contributed by atoms with Crippen molar-refractivity contribution in [2.45, 2.75) is 25.5 Å². The molecule has 0 aromatic carbocycles. The van der Waals surface area contributed by atoms with Crippen molar-refractivity contribution in [1.82, 2.24) is 19.3 Å². The second-order valence-corrected chi connectivity index (χ2v) is 5.24. The third kappa shape index (κ3) is 2.98. The number of aryl methyl sites for hydroxylation is 2. The Morgan fingerprint density at radius 2 is 2.21 bits per heavy atom. The molecular weight excluding hydrogens is 264 g/mol. The van der Waals surface area contributed by atoms with Gasteiger partial charge in [0.25, 0.3) is 0 Å². The van der Waals surface area contributed by atoms with Gasteiger partial charge in [0.1, 0.15) is 0 Å². The minimum absolute atomic E-state index is 0.0159. The molecule has 0 saturated heterocycles. The first kappa shape index (κ1) is 13.7. The fourth-order valence-electron chi connectivity index (χ4n) is 1.90. The van der Waals surface area contributed by atoms with E-state index in [4.69, 9.17) is 5.11 Å². The van der Waals surface area contributed by atoms with Crippen LogP contribution in [0.2, 0.25) is 0 Å². The summed E-state index contributed by atoms with van der Waals surface area (Å²) < 4.78 is 3.80. The van der Waals surface area contributed by atoms with Gasteiger partial charge in [-0.1, -0.05) is 11.8 Å². The molecule has 0 spiro atoms. The second kappa shape index (κ2) is 5.48. The van der Waals surface area contributed by atoms with E-state index in [0.717, 1.165) is 17.0 Å². The van der Waals surface area contributed by atoms with Crippen molar-refractivity contribution in [2.24, 2.45) is 7.05 Å². The minimum Gasteiger partial charge on any atom is -0.481 e. The van der Waals surface area contributed by atoms with Gasteiger partial charge in [-0.05, 0) is 13.8 Å². The smallest absolute Gasteiger partial charge is 0.313 e. The Balaban J connectivity index is 2.19. The van der Waals surface area contributed by atoms with E-state index in [0.29, 0.717) is 11.7 Å². The maximum absolute atomic E-state index is 10.6. The van der Waals surface area contributed by atoms with Crippen molar-refractivity contribution in [1.29, 1.82) is 0 Å². The fourth-order valence-corrected chi connectivity index (χ4v) is 2.58. The van der Waals surface area contributed by atoms with Crippen LogP contribution in [0, 0.1) is 13.8 Å². The molecule has 6 nitrogen and oxygen atoms in total. The molecule has 0 atom stereocenters. The summed E-state index contributed by atoms with van der Waals surface area (Å²) in [4.78, 5) is 14.8. The van der Waals surface area contributed by atoms with E-state index >= 15 is 0 Å². The Bertz CT molecular complexity index is 603. The van der Waals surface area contributed by atoms with Gasteiger partial charge in [-0.3, -0.25) is 9.48 Å². The van der Waals surface area contributed by atoms with Crippen molar-refractivity contribution in [2.75, 3.05) is 5.75 Å². The van der Waals surface area contributed by atoms with Crippen LogP contribution in [0.3, 0.4) is 0 Å². The summed E-state index contributed by atoms with van der Waals surface area (Å²) in [5, 5.41) is 13.8. The molecule has 2 aromatic heterocycles. The van der Waals surface area contributed by atoms with E-state index in [-0.39, 0.29) is 5.75 Å². The highest BCUT2D eigenvalue weighted by molar-refractivity contribution is 7.99. The van der Waals surface area contributed by atoms with Crippen LogP contribution in [0.1, 0.15) is 17.0 Å². The summed E-state index contributed by atoms with van der Waals surface area (Å²) in [5.74, 6) is -0.824. The first-order chi connectivity index (χ1) is 8.99. The van der Waals surface area contributed by atoms with E-state index < -0.39 is 5.97 Å². The zero-order valence-corrected chi connectivity index (χ0v) is 11.9. The van der Waals surface area contributed by atoms with Crippen LogP contribution >= 0.6 is 11.8 Å². The average molecular weight is 280 g/mol. The summed E-state index contributed by atoms with van der Waals surface area (Å²) >= 11 is 1.22. The molecule has 0 aliphatic carbocycles. The topological polar surface area (TPSA) is 72.9 Å². The largest absolute Gasteiger partial charge is 0.481 e. The Labute approximate surface area is 115 Å². The summed E-state index contributed by atoms with van der Waals surface area (Å²) in [6, 6.07) is 0. The van der Waals surface area contributed by atoms with Gasteiger partial charge in [0.2, 0.25) is 0 Å². The van der Waals surface area contributed by atoms with Crippen molar-refractivity contribution in [3.05, 3.63) is 29.3 Å². The highest BCUT2D eigenvalue weighted by Gasteiger charge is 2.12. The van der Waals surface area contributed by atoms with Gasteiger partial charge in [-0.25, -0.2) is 4.98 Å². The molecule has 2 rings (SSSR count). The Hall–Kier alpha value is -1.76. The molecule has 2 heterocycles. The van der Waals surface area contributed by atoms with Crippen LogP contribution in [-0.2, 0) is 18.4 Å². The number of aliphatic carboxylic acids is 1. The molecule has 0 radical (unpaired) electrons. The summed E-state index contributed by atoms with van der Waals surface area (Å²) in [6.07, 6.45) is 3.54. The number of rotatable bonds is 5. The number of hydrogen-bond donors (Lipinski definition) is 1. The molecule has 0 saturated carbocycles. The quantitative estimate of drug-likeness (QED) is 0.839. The lowest BCUT2D eigenvalue weighted by Crippen LogP contribution is -2.05. The number of carboxylic acid groups (broad SMARTS) is 1. The maximum atomic E-state index is 10.6. The van der Waals surface area contributed by atoms with E-state index in [1.54, 1.807) is 6.20 Å². The normalized spacial score (nSPS) is 10.9. The van der Waals surface area contributed by atoms with Crippen LogP contribution in [0.5, 0.6) is 0 Å². The van der Waals surface area contributed by atoms with Gasteiger partial charge in [-0.15, -0.1) is 0 Å². The number of aromatic nitrogens is 4. The third-order valence-electron chi connectivity index (χ3n) is 2.99. The molecule has 1 N–H and O–H groups in total. The third-order valence-corrected chi connectivity index (χ3v) is 3.98. The first-order valence-electron chi connectivity index (χ1n) is 5.84. The van der Waals surface area contributed by atoms with Crippen LogP contribution in [0.15, 0.2) is 17.6 Å². The van der Waals surface area contributed by atoms with E-state index in [9.17, 15) is 4.79 Å². The van der Waals surface area contributed by atoms with Gasteiger partial charge in [-0.2, -0.15) is 5.10 Å². The molecule has 19 heavy (non-hydrogen) atoms. The second-order valence-electron chi connectivity index (χ2n) is 4.29. The van der Waals surface area contributed by atoms with E-state index in [1.807, 2.05) is 36.3 Å². The van der Waals surface area contributed by atoms with Gasteiger partial charge < -0.3 is 9.67 Å². The molecule has 0 unspecified atom stereocenters. The molecule has 0 fully saturated rings. The van der Waals surface area contributed by atoms with Crippen molar-refractivity contribution < 1.29 is 9.90 Å². The van der Waals surface area contributed by atoms with Crippen LogP contribution in [0.4, 0.5) is 0 Å². The number of nitrogens with zero attached hydrogens (tertiary/aromatic N) is 4. The molecular formula is C12H16N4O2S. The highest BCUT2D eigenvalue weighted by atomic mass is 32.2. The standard InChI is InChI=1S/C12H16N4O2S/c1-8-10(9(2)15(3)14-8)6-16-5-4-13-12(16)19-7-11(17)18/h4-5H,6-7H2,1-3H3,(H,17,18). The maximum Gasteiger partial charge on any atom is 0.313 e. The molecule has 0 aliphatic rings. The molecule has 2 aromatic rings. The molecule has 7 heteroatoms.